The van der Waals surface area contributed by atoms with E-state index in [9.17, 15) is 9.59 Å². The van der Waals surface area contributed by atoms with Crippen LogP contribution in [-0.2, 0) is 14.9 Å². The number of nitrogens with one attached hydrogen (secondary N) is 1. The Kier molecular flexibility index (Phi) is 5.11. The minimum Gasteiger partial charge on any atom is -0.452 e. The molecule has 0 spiro atoms. The molecule has 0 aliphatic rings. The molecule has 23 heavy (non-hydrogen) atoms. The van der Waals surface area contributed by atoms with Crippen LogP contribution in [0.1, 0.15) is 36.7 Å². The molecule has 0 saturated heterocycles. The summed E-state index contributed by atoms with van der Waals surface area (Å²) in [4.78, 5) is 27.4. The highest BCUT2D eigenvalue weighted by Crippen LogP contribution is 2.23. The van der Waals surface area contributed by atoms with Crippen molar-refractivity contribution in [2.24, 2.45) is 0 Å². The molecule has 1 N–H and O–H groups in total. The molecule has 1 aromatic heterocycles. The van der Waals surface area contributed by atoms with Crippen molar-refractivity contribution >= 4 is 17.6 Å². The van der Waals surface area contributed by atoms with Gasteiger partial charge in [-0.3, -0.25) is 9.78 Å². The van der Waals surface area contributed by atoms with Gasteiger partial charge >= 0.3 is 5.97 Å². The van der Waals surface area contributed by atoms with E-state index in [0.29, 0.717) is 11.3 Å². The molecule has 0 aliphatic carbocycles. The van der Waals surface area contributed by atoms with E-state index in [4.69, 9.17) is 4.74 Å². The van der Waals surface area contributed by atoms with E-state index < -0.39 is 5.97 Å². The fourth-order valence-electron chi connectivity index (χ4n) is 1.95. The molecular formula is C18H20N2O3. The van der Waals surface area contributed by atoms with Gasteiger partial charge in [-0.2, -0.15) is 0 Å². The Morgan fingerprint density at radius 1 is 1.04 bits per heavy atom. The molecule has 1 heterocycles. The summed E-state index contributed by atoms with van der Waals surface area (Å²) in [5, 5.41) is 2.70. The van der Waals surface area contributed by atoms with Crippen molar-refractivity contribution in [1.82, 2.24) is 4.98 Å². The Morgan fingerprint density at radius 2 is 1.65 bits per heavy atom. The first-order valence-corrected chi connectivity index (χ1v) is 7.34. The van der Waals surface area contributed by atoms with E-state index in [1.165, 1.54) is 30.1 Å². The summed E-state index contributed by atoms with van der Waals surface area (Å²) < 4.78 is 4.96. The highest BCUT2D eigenvalue weighted by molar-refractivity contribution is 5.95. The van der Waals surface area contributed by atoms with E-state index in [1.807, 2.05) is 24.3 Å². The number of amides is 1. The van der Waals surface area contributed by atoms with Crippen LogP contribution in [0.5, 0.6) is 0 Å². The summed E-state index contributed by atoms with van der Waals surface area (Å²) >= 11 is 0. The molecule has 120 valence electrons. The summed E-state index contributed by atoms with van der Waals surface area (Å²) in [6, 6.07) is 10.7. The van der Waals surface area contributed by atoms with Crippen molar-refractivity contribution in [1.29, 1.82) is 0 Å². The summed E-state index contributed by atoms with van der Waals surface area (Å²) in [5.74, 6) is -0.929. The predicted molar refractivity (Wildman–Crippen MR) is 88.3 cm³/mol. The number of ether oxygens (including phenoxy) is 1. The topological polar surface area (TPSA) is 68.3 Å². The molecule has 1 aromatic carbocycles. The molecule has 0 fully saturated rings. The van der Waals surface area contributed by atoms with E-state index >= 15 is 0 Å². The van der Waals surface area contributed by atoms with Gasteiger partial charge in [-0.05, 0) is 35.2 Å². The van der Waals surface area contributed by atoms with Crippen LogP contribution in [0.4, 0.5) is 5.69 Å². The Labute approximate surface area is 135 Å². The molecule has 5 nitrogen and oxygen atoms in total. The van der Waals surface area contributed by atoms with Gasteiger partial charge < -0.3 is 10.1 Å². The van der Waals surface area contributed by atoms with Crippen molar-refractivity contribution in [2.75, 3.05) is 11.9 Å². The third-order valence-corrected chi connectivity index (χ3v) is 3.29. The molecular weight excluding hydrogens is 292 g/mol. The van der Waals surface area contributed by atoms with E-state index in [-0.39, 0.29) is 17.9 Å². The Hall–Kier alpha value is -2.69. The fourth-order valence-corrected chi connectivity index (χ4v) is 1.95. The quantitative estimate of drug-likeness (QED) is 0.880. The monoisotopic (exact) mass is 312 g/mol. The van der Waals surface area contributed by atoms with Crippen LogP contribution in [0.3, 0.4) is 0 Å². The van der Waals surface area contributed by atoms with Crippen LogP contribution in [0, 0.1) is 0 Å². The SMILES string of the molecule is CC(C)(C)c1ccc(NC(=O)COC(=O)c2ccncc2)cc1. The van der Waals surface area contributed by atoms with Crippen LogP contribution in [0.2, 0.25) is 0 Å². The number of anilines is 1. The number of aromatic nitrogens is 1. The molecule has 2 rings (SSSR count). The van der Waals surface area contributed by atoms with Gasteiger partial charge in [0.15, 0.2) is 6.61 Å². The predicted octanol–water partition coefficient (Wildman–Crippen LogP) is 3.17. The number of rotatable bonds is 4. The molecule has 1 amide bonds. The lowest BCUT2D eigenvalue weighted by molar-refractivity contribution is -0.119. The number of hydrogen-bond donors (Lipinski definition) is 1. The number of esters is 1. The van der Waals surface area contributed by atoms with Crippen molar-refractivity contribution in [2.45, 2.75) is 26.2 Å². The lowest BCUT2D eigenvalue weighted by atomic mass is 9.87. The number of benzene rings is 1. The van der Waals surface area contributed by atoms with Crippen LogP contribution >= 0.6 is 0 Å². The lowest BCUT2D eigenvalue weighted by Gasteiger charge is -2.19. The van der Waals surface area contributed by atoms with Crippen molar-refractivity contribution in [3.63, 3.8) is 0 Å². The van der Waals surface area contributed by atoms with E-state index in [2.05, 4.69) is 31.1 Å². The van der Waals surface area contributed by atoms with Gasteiger partial charge in [0.2, 0.25) is 0 Å². The van der Waals surface area contributed by atoms with Gasteiger partial charge in [-0.15, -0.1) is 0 Å². The number of nitrogens with zero attached hydrogens (tertiary/aromatic N) is 1. The molecule has 0 unspecified atom stereocenters. The van der Waals surface area contributed by atoms with Gasteiger partial charge in [-0.25, -0.2) is 4.79 Å². The van der Waals surface area contributed by atoms with Gasteiger partial charge in [-0.1, -0.05) is 32.9 Å². The zero-order valence-electron chi connectivity index (χ0n) is 13.5. The molecule has 0 saturated carbocycles. The number of carbonyl (C=O) groups excluding carboxylic acids is 2. The second-order valence-electron chi connectivity index (χ2n) is 6.19. The first-order chi connectivity index (χ1) is 10.9. The maximum atomic E-state index is 11.8. The summed E-state index contributed by atoms with van der Waals surface area (Å²) in [5.41, 5.74) is 2.27. The average Bonchev–Trinajstić information content (AvgIpc) is 2.53. The molecule has 5 heteroatoms. The maximum absolute atomic E-state index is 11.8. The second kappa shape index (κ2) is 7.05. The van der Waals surface area contributed by atoms with Gasteiger partial charge in [0, 0.05) is 18.1 Å². The summed E-state index contributed by atoms with van der Waals surface area (Å²) in [6.45, 7) is 6.04. The average molecular weight is 312 g/mol. The van der Waals surface area contributed by atoms with E-state index in [0.717, 1.165) is 0 Å². The molecule has 0 radical (unpaired) electrons. The van der Waals surface area contributed by atoms with Crippen LogP contribution in [-0.4, -0.2) is 23.5 Å². The van der Waals surface area contributed by atoms with Gasteiger partial charge in [0.1, 0.15) is 0 Å². The Morgan fingerprint density at radius 3 is 2.22 bits per heavy atom. The smallest absolute Gasteiger partial charge is 0.338 e. The second-order valence-corrected chi connectivity index (χ2v) is 6.19. The highest BCUT2D eigenvalue weighted by atomic mass is 16.5. The van der Waals surface area contributed by atoms with Crippen LogP contribution in [0.15, 0.2) is 48.8 Å². The Bertz CT molecular complexity index is 674. The van der Waals surface area contributed by atoms with Crippen molar-refractivity contribution in [3.05, 3.63) is 59.9 Å². The van der Waals surface area contributed by atoms with Crippen LogP contribution < -0.4 is 5.32 Å². The molecule has 0 bridgehead atoms. The number of carbonyl (C=O) groups is 2. The van der Waals surface area contributed by atoms with Crippen molar-refractivity contribution in [3.8, 4) is 0 Å². The minimum absolute atomic E-state index is 0.0581. The summed E-state index contributed by atoms with van der Waals surface area (Å²) in [7, 11) is 0. The first-order valence-electron chi connectivity index (χ1n) is 7.34. The van der Waals surface area contributed by atoms with E-state index in [1.54, 1.807) is 0 Å². The number of pyridine rings is 1. The van der Waals surface area contributed by atoms with Crippen LogP contribution in [0.25, 0.3) is 0 Å². The van der Waals surface area contributed by atoms with Crippen molar-refractivity contribution < 1.29 is 14.3 Å². The summed E-state index contributed by atoms with van der Waals surface area (Å²) in [6.07, 6.45) is 2.99. The third kappa shape index (κ3) is 4.92. The minimum atomic E-state index is -0.550. The molecule has 0 atom stereocenters. The standard InChI is InChI=1S/C18H20N2O3/c1-18(2,3)14-4-6-15(7-5-14)20-16(21)12-23-17(22)13-8-10-19-11-9-13/h4-11H,12H2,1-3H3,(H,20,21). The zero-order valence-corrected chi connectivity index (χ0v) is 13.5. The highest BCUT2D eigenvalue weighted by Gasteiger charge is 2.14. The largest absolute Gasteiger partial charge is 0.452 e. The van der Waals surface area contributed by atoms with Gasteiger partial charge in [0.05, 0.1) is 5.56 Å². The Balaban J connectivity index is 1.86. The first kappa shape index (κ1) is 16.7. The normalized spacial score (nSPS) is 10.9. The maximum Gasteiger partial charge on any atom is 0.338 e. The zero-order chi connectivity index (χ0) is 16.9. The number of hydrogen-bond acceptors (Lipinski definition) is 4. The lowest BCUT2D eigenvalue weighted by Crippen LogP contribution is -2.21. The molecule has 2 aromatic rings. The fraction of sp³-hybridized carbons (Fsp3) is 0.278. The molecule has 0 aliphatic heterocycles. The third-order valence-electron chi connectivity index (χ3n) is 3.29. The van der Waals surface area contributed by atoms with Gasteiger partial charge in [0.25, 0.3) is 5.91 Å².